The van der Waals surface area contributed by atoms with Gasteiger partial charge >= 0.3 is 0 Å². The maximum Gasteiger partial charge on any atom is 0.167 e. The van der Waals surface area contributed by atoms with E-state index in [2.05, 4.69) is 5.16 Å². The zero-order valence-electron chi connectivity index (χ0n) is 13.5. The van der Waals surface area contributed by atoms with Crippen LogP contribution in [0.4, 0.5) is 0 Å². The molecule has 0 atom stereocenters. The number of benzene rings is 1. The Kier molecular flexibility index (Phi) is 7.77. The van der Waals surface area contributed by atoms with E-state index < -0.39 is 5.60 Å². The molecule has 0 aliphatic rings. The molecule has 0 saturated heterocycles. The number of hydrogen-bond donors (Lipinski definition) is 0. The van der Waals surface area contributed by atoms with Crippen molar-refractivity contribution in [3.8, 4) is 0 Å². The molecule has 1 heterocycles. The third-order valence-electron chi connectivity index (χ3n) is 2.92. The third-order valence-corrected chi connectivity index (χ3v) is 2.92. The molecule has 4 nitrogen and oxygen atoms in total. The molecule has 2 aromatic rings. The van der Waals surface area contributed by atoms with Crippen molar-refractivity contribution in [2.45, 2.75) is 47.1 Å². The number of Topliss-reactive ketones (excluding diaryl/α,β-unsaturated/α-hetero) is 1. The van der Waals surface area contributed by atoms with Crippen LogP contribution in [0.2, 0.25) is 0 Å². The van der Waals surface area contributed by atoms with Gasteiger partial charge in [-0.15, -0.1) is 0 Å². The maximum atomic E-state index is 10.6. The predicted molar refractivity (Wildman–Crippen MR) is 81.9 cm³/mol. The van der Waals surface area contributed by atoms with Crippen molar-refractivity contribution in [1.82, 2.24) is 5.16 Å². The lowest BCUT2D eigenvalue weighted by atomic mass is 10.1. The van der Waals surface area contributed by atoms with Crippen LogP contribution in [0.15, 0.2) is 28.8 Å². The highest BCUT2D eigenvalue weighted by atomic mass is 16.5. The summed E-state index contributed by atoms with van der Waals surface area (Å²) in [6.45, 7) is 10.9. The number of methoxy groups -OCH3 is 1. The van der Waals surface area contributed by atoms with Gasteiger partial charge in [0.15, 0.2) is 11.4 Å². The summed E-state index contributed by atoms with van der Waals surface area (Å²) < 4.78 is 9.85. The quantitative estimate of drug-likeness (QED) is 0.828. The van der Waals surface area contributed by atoms with Gasteiger partial charge in [-0.3, -0.25) is 4.79 Å². The number of ether oxygens (including phenoxy) is 1. The molecule has 20 heavy (non-hydrogen) atoms. The molecule has 0 aliphatic heterocycles. The molecule has 0 saturated carbocycles. The maximum absolute atomic E-state index is 10.6. The van der Waals surface area contributed by atoms with Crippen molar-refractivity contribution >= 4 is 16.8 Å². The predicted octanol–water partition coefficient (Wildman–Crippen LogP) is 4.16. The Balaban J connectivity index is 0.000000330. The van der Waals surface area contributed by atoms with Gasteiger partial charge in [0.2, 0.25) is 0 Å². The SMILES string of the molecule is CC.COC(C)(C)C(C)=O.Cc1noc2ccccc12. The normalized spacial score (nSPS) is 10.2. The fraction of sp³-hybridized carbons (Fsp3) is 0.500. The fourth-order valence-electron chi connectivity index (χ4n) is 1.16. The minimum Gasteiger partial charge on any atom is -0.371 e. The number of hydrogen-bond acceptors (Lipinski definition) is 4. The van der Waals surface area contributed by atoms with Crippen LogP contribution in [-0.2, 0) is 9.53 Å². The highest BCUT2D eigenvalue weighted by Crippen LogP contribution is 2.15. The minimum atomic E-state index is -0.597. The average Bonchev–Trinajstić information content (AvgIpc) is 2.84. The smallest absolute Gasteiger partial charge is 0.167 e. The summed E-state index contributed by atoms with van der Waals surface area (Å²) in [6, 6.07) is 7.83. The lowest BCUT2D eigenvalue weighted by molar-refractivity contribution is -0.134. The Morgan fingerprint density at radius 2 is 1.80 bits per heavy atom. The second-order valence-corrected chi connectivity index (χ2v) is 4.53. The van der Waals surface area contributed by atoms with Gasteiger partial charge in [0.25, 0.3) is 0 Å². The standard InChI is InChI=1S/C8H7NO.C6H12O2.C2H6/c1-6-7-4-2-3-5-8(7)10-9-6;1-5(7)6(2,3)8-4;1-2/h2-5H,1H3;1-4H3;1-2H3. The van der Waals surface area contributed by atoms with Crippen molar-refractivity contribution in [2.24, 2.45) is 0 Å². The Morgan fingerprint density at radius 1 is 1.25 bits per heavy atom. The van der Waals surface area contributed by atoms with Crippen LogP contribution in [0.5, 0.6) is 0 Å². The van der Waals surface area contributed by atoms with Crippen LogP contribution < -0.4 is 0 Å². The van der Waals surface area contributed by atoms with E-state index in [1.807, 2.05) is 45.0 Å². The number of fused-ring (bicyclic) bond motifs is 1. The summed E-state index contributed by atoms with van der Waals surface area (Å²) in [7, 11) is 1.53. The molecule has 0 amide bonds. The summed E-state index contributed by atoms with van der Waals surface area (Å²) in [5, 5.41) is 4.92. The van der Waals surface area contributed by atoms with E-state index in [0.717, 1.165) is 16.7 Å². The van der Waals surface area contributed by atoms with Gasteiger partial charge in [0.05, 0.1) is 5.69 Å². The van der Waals surface area contributed by atoms with Crippen LogP contribution in [-0.4, -0.2) is 23.7 Å². The number of para-hydroxylation sites is 1. The summed E-state index contributed by atoms with van der Waals surface area (Å²) in [5.41, 5.74) is 1.22. The topological polar surface area (TPSA) is 52.3 Å². The van der Waals surface area contributed by atoms with Crippen molar-refractivity contribution < 1.29 is 14.1 Å². The molecular weight excluding hydrogens is 254 g/mol. The molecule has 0 fully saturated rings. The van der Waals surface area contributed by atoms with E-state index in [1.165, 1.54) is 14.0 Å². The lowest BCUT2D eigenvalue weighted by Crippen LogP contribution is -2.31. The van der Waals surface area contributed by atoms with Gasteiger partial charge in [-0.05, 0) is 39.8 Å². The monoisotopic (exact) mass is 279 g/mol. The van der Waals surface area contributed by atoms with Crippen molar-refractivity contribution in [3.63, 3.8) is 0 Å². The second kappa shape index (κ2) is 8.48. The summed E-state index contributed by atoms with van der Waals surface area (Å²) >= 11 is 0. The molecule has 0 bridgehead atoms. The molecule has 2 rings (SSSR count). The van der Waals surface area contributed by atoms with Crippen molar-refractivity contribution in [2.75, 3.05) is 7.11 Å². The zero-order chi connectivity index (χ0) is 15.8. The first kappa shape index (κ1) is 18.3. The second-order valence-electron chi connectivity index (χ2n) is 4.53. The van der Waals surface area contributed by atoms with Gasteiger partial charge < -0.3 is 9.26 Å². The molecule has 0 N–H and O–H groups in total. The number of aromatic nitrogens is 1. The van der Waals surface area contributed by atoms with Crippen LogP contribution in [0.1, 0.15) is 40.3 Å². The van der Waals surface area contributed by atoms with E-state index in [1.54, 1.807) is 13.8 Å². The number of aryl methyl sites for hydroxylation is 1. The first-order chi connectivity index (χ1) is 9.38. The van der Waals surface area contributed by atoms with Crippen LogP contribution in [0.3, 0.4) is 0 Å². The van der Waals surface area contributed by atoms with Gasteiger partial charge in [-0.2, -0.15) is 0 Å². The van der Waals surface area contributed by atoms with Gasteiger partial charge in [0, 0.05) is 12.5 Å². The van der Waals surface area contributed by atoms with E-state index >= 15 is 0 Å². The Hall–Kier alpha value is -1.68. The number of ketones is 1. The van der Waals surface area contributed by atoms with E-state index in [4.69, 9.17) is 9.26 Å². The summed E-state index contributed by atoms with van der Waals surface area (Å²) in [6.07, 6.45) is 0. The van der Waals surface area contributed by atoms with Crippen LogP contribution >= 0.6 is 0 Å². The molecule has 0 unspecified atom stereocenters. The van der Waals surface area contributed by atoms with Crippen molar-refractivity contribution in [3.05, 3.63) is 30.0 Å². The lowest BCUT2D eigenvalue weighted by Gasteiger charge is -2.17. The first-order valence-electron chi connectivity index (χ1n) is 6.75. The van der Waals surface area contributed by atoms with E-state index in [0.29, 0.717) is 0 Å². The molecule has 1 aromatic heterocycles. The first-order valence-corrected chi connectivity index (χ1v) is 6.75. The summed E-state index contributed by atoms with van der Waals surface area (Å²) in [4.78, 5) is 10.6. The minimum absolute atomic E-state index is 0.0556. The Labute approximate surface area is 121 Å². The van der Waals surface area contributed by atoms with Gasteiger partial charge in [0.1, 0.15) is 5.60 Å². The highest BCUT2D eigenvalue weighted by molar-refractivity contribution is 5.83. The number of carbonyl (C=O) groups is 1. The molecule has 0 aliphatic carbocycles. The molecule has 112 valence electrons. The molecule has 0 radical (unpaired) electrons. The van der Waals surface area contributed by atoms with E-state index in [9.17, 15) is 4.79 Å². The van der Waals surface area contributed by atoms with Crippen LogP contribution in [0.25, 0.3) is 11.0 Å². The van der Waals surface area contributed by atoms with Gasteiger partial charge in [-0.25, -0.2) is 0 Å². The molecular formula is C16H25NO3. The van der Waals surface area contributed by atoms with Crippen LogP contribution in [0, 0.1) is 6.92 Å². The Bertz CT molecular complexity index is 529. The third kappa shape index (κ3) is 5.13. The summed E-state index contributed by atoms with van der Waals surface area (Å²) in [5.74, 6) is 0.0556. The highest BCUT2D eigenvalue weighted by Gasteiger charge is 2.21. The number of nitrogens with zero attached hydrogens (tertiary/aromatic N) is 1. The zero-order valence-corrected chi connectivity index (χ0v) is 13.5. The van der Waals surface area contributed by atoms with Gasteiger partial charge in [-0.1, -0.05) is 31.1 Å². The number of rotatable bonds is 2. The Morgan fingerprint density at radius 3 is 2.20 bits per heavy atom. The van der Waals surface area contributed by atoms with E-state index in [-0.39, 0.29) is 5.78 Å². The van der Waals surface area contributed by atoms with Crippen molar-refractivity contribution in [1.29, 1.82) is 0 Å². The molecule has 1 aromatic carbocycles. The fourth-order valence-corrected chi connectivity index (χ4v) is 1.16. The molecule has 0 spiro atoms. The largest absolute Gasteiger partial charge is 0.371 e. The number of carbonyl (C=O) groups excluding carboxylic acids is 1. The molecule has 4 heteroatoms. The average molecular weight is 279 g/mol.